The van der Waals surface area contributed by atoms with Crippen molar-refractivity contribution in [2.24, 2.45) is 0 Å². The summed E-state index contributed by atoms with van der Waals surface area (Å²) in [7, 11) is 0. The summed E-state index contributed by atoms with van der Waals surface area (Å²) in [5, 5.41) is 29.4. The number of fused-ring (bicyclic) bond motifs is 1. The van der Waals surface area contributed by atoms with Crippen molar-refractivity contribution in [2.45, 2.75) is 38.4 Å². The van der Waals surface area contributed by atoms with Crippen LogP contribution in [0, 0.1) is 0 Å². The molecule has 0 unspecified atom stereocenters. The molecule has 0 amide bonds. The molecule has 1 aliphatic heterocycles. The quantitative estimate of drug-likeness (QED) is 0.610. The molecule has 1 aromatic rings. The summed E-state index contributed by atoms with van der Waals surface area (Å²) in [6, 6.07) is 0.934. The number of ketones is 1. The van der Waals surface area contributed by atoms with Crippen LogP contribution in [0.25, 0.3) is 0 Å². The molecule has 0 bridgehead atoms. The lowest BCUT2D eigenvalue weighted by atomic mass is 9.99. The van der Waals surface area contributed by atoms with E-state index in [4.69, 9.17) is 16.3 Å². The summed E-state index contributed by atoms with van der Waals surface area (Å²) < 4.78 is 5.28. The van der Waals surface area contributed by atoms with Gasteiger partial charge in [-0.15, -0.1) is 0 Å². The number of benzene rings is 1. The van der Waals surface area contributed by atoms with Gasteiger partial charge in [0, 0.05) is 18.1 Å². The van der Waals surface area contributed by atoms with E-state index in [2.05, 4.69) is 0 Å². The Hall–Kier alpha value is -2.31. The number of ether oxygens (including phenoxy) is 1. The van der Waals surface area contributed by atoms with Crippen LogP contribution in [-0.4, -0.2) is 39.3 Å². The van der Waals surface area contributed by atoms with Crippen molar-refractivity contribution in [1.82, 2.24) is 0 Å². The smallest absolute Gasteiger partial charge is 0.342 e. The summed E-state index contributed by atoms with van der Waals surface area (Å²) in [5.41, 5.74) is -0.239. The number of allylic oxidation sites excluding steroid dienone is 3. The predicted molar refractivity (Wildman–Crippen MR) is 91.9 cm³/mol. The predicted octanol–water partition coefficient (Wildman–Crippen LogP) is 2.68. The highest BCUT2D eigenvalue weighted by molar-refractivity contribution is 6.33. The Kier molecular flexibility index (Phi) is 6.22. The van der Waals surface area contributed by atoms with Gasteiger partial charge in [0.15, 0.2) is 5.78 Å². The fraction of sp³-hybridized carbons (Fsp3) is 0.333. The minimum absolute atomic E-state index is 0.00657. The first-order valence-corrected chi connectivity index (χ1v) is 8.17. The van der Waals surface area contributed by atoms with Gasteiger partial charge in [0.05, 0.1) is 17.2 Å². The molecule has 0 saturated heterocycles. The third-order valence-corrected chi connectivity index (χ3v) is 4.20. The third kappa shape index (κ3) is 4.84. The Labute approximate surface area is 150 Å². The molecule has 2 rings (SSSR count). The van der Waals surface area contributed by atoms with E-state index in [-0.39, 0.29) is 22.6 Å². The van der Waals surface area contributed by atoms with Gasteiger partial charge in [-0.3, -0.25) is 4.79 Å². The first kappa shape index (κ1) is 19.0. The van der Waals surface area contributed by atoms with E-state index in [0.717, 1.165) is 6.07 Å². The minimum Gasteiger partial charge on any atom is -0.507 e. The lowest BCUT2D eigenvalue weighted by Gasteiger charge is -2.18. The molecule has 0 spiro atoms. The lowest BCUT2D eigenvalue weighted by Crippen LogP contribution is -2.19. The fourth-order valence-electron chi connectivity index (χ4n) is 2.47. The standard InChI is InChI=1S/C18H19ClO6/c1-10-6-7-11(20)4-2-3-5-12(21)8-13-16(18(24)25-10)14(22)9-15(23)17(13)19/h2-5,9-11,20,22-23H,6-8H2,1H3/b4-2-,5-3+/t10-,11-/m1/s1. The number of phenols is 2. The summed E-state index contributed by atoms with van der Waals surface area (Å²) >= 11 is 6.03. The second kappa shape index (κ2) is 8.18. The monoisotopic (exact) mass is 366 g/mol. The first-order valence-electron chi connectivity index (χ1n) is 7.79. The third-order valence-electron chi connectivity index (χ3n) is 3.78. The minimum atomic E-state index is -0.847. The Morgan fingerprint density at radius 2 is 1.88 bits per heavy atom. The van der Waals surface area contributed by atoms with Crippen LogP contribution in [-0.2, 0) is 16.0 Å². The molecule has 0 fully saturated rings. The molecular formula is C18H19ClO6. The zero-order valence-electron chi connectivity index (χ0n) is 13.6. The summed E-state index contributed by atoms with van der Waals surface area (Å²) in [4.78, 5) is 24.5. The first-order chi connectivity index (χ1) is 11.8. The average molecular weight is 367 g/mol. The van der Waals surface area contributed by atoms with Crippen molar-refractivity contribution >= 4 is 23.4 Å². The zero-order chi connectivity index (χ0) is 18.6. The molecule has 6 nitrogen and oxygen atoms in total. The number of cyclic esters (lactones) is 1. The van der Waals surface area contributed by atoms with Crippen LogP contribution < -0.4 is 0 Å². The van der Waals surface area contributed by atoms with Gasteiger partial charge in [0.1, 0.15) is 17.1 Å². The maximum absolute atomic E-state index is 12.4. The second-order valence-corrected chi connectivity index (χ2v) is 6.21. The van der Waals surface area contributed by atoms with Gasteiger partial charge in [-0.2, -0.15) is 0 Å². The normalized spacial score (nSPS) is 24.8. The molecule has 0 saturated carbocycles. The van der Waals surface area contributed by atoms with Crippen molar-refractivity contribution in [2.75, 3.05) is 0 Å². The molecule has 1 aliphatic rings. The topological polar surface area (TPSA) is 104 Å². The number of aromatic hydroxyl groups is 2. The van der Waals surface area contributed by atoms with Crippen molar-refractivity contribution in [3.63, 3.8) is 0 Å². The Bertz CT molecular complexity index is 738. The number of hydrogen-bond acceptors (Lipinski definition) is 6. The van der Waals surface area contributed by atoms with Crippen LogP contribution in [0.15, 0.2) is 30.4 Å². The highest BCUT2D eigenvalue weighted by atomic mass is 35.5. The van der Waals surface area contributed by atoms with E-state index in [0.29, 0.717) is 12.8 Å². The SMILES string of the molecule is C[C@@H]1CC[C@H](O)/C=C\C=C\C(=O)Cc2c(Cl)c(O)cc(O)c2C(=O)O1. The zero-order valence-corrected chi connectivity index (χ0v) is 14.4. The molecule has 0 aliphatic carbocycles. The number of aliphatic hydroxyl groups excluding tert-OH is 1. The van der Waals surface area contributed by atoms with Gasteiger partial charge in [-0.25, -0.2) is 4.79 Å². The van der Waals surface area contributed by atoms with Crippen LogP contribution in [0.4, 0.5) is 0 Å². The van der Waals surface area contributed by atoms with E-state index >= 15 is 0 Å². The number of aliphatic hydroxyl groups is 1. The molecule has 1 aromatic carbocycles. The fourth-order valence-corrected chi connectivity index (χ4v) is 2.68. The number of esters is 1. The van der Waals surface area contributed by atoms with E-state index in [1.807, 2.05) is 0 Å². The summed E-state index contributed by atoms with van der Waals surface area (Å²) in [6.45, 7) is 1.66. The summed E-state index contributed by atoms with van der Waals surface area (Å²) in [5.74, 6) is -2.19. The number of rotatable bonds is 0. The average Bonchev–Trinajstić information content (AvgIpc) is 2.53. The highest BCUT2D eigenvalue weighted by Gasteiger charge is 2.26. The number of halogens is 1. The number of carbonyl (C=O) groups is 2. The molecule has 1 heterocycles. The van der Waals surface area contributed by atoms with Crippen LogP contribution >= 0.6 is 11.6 Å². The molecule has 134 valence electrons. The van der Waals surface area contributed by atoms with Gasteiger partial charge in [-0.1, -0.05) is 29.8 Å². The van der Waals surface area contributed by atoms with Gasteiger partial charge < -0.3 is 20.1 Å². The molecule has 2 atom stereocenters. The van der Waals surface area contributed by atoms with Crippen molar-refractivity contribution in [3.05, 3.63) is 46.5 Å². The summed E-state index contributed by atoms with van der Waals surface area (Å²) in [6.07, 6.45) is 5.02. The molecule has 0 radical (unpaired) electrons. The molecule has 0 aromatic heterocycles. The molecule has 25 heavy (non-hydrogen) atoms. The second-order valence-electron chi connectivity index (χ2n) is 5.83. The van der Waals surface area contributed by atoms with Crippen molar-refractivity contribution < 1.29 is 29.6 Å². The maximum atomic E-state index is 12.4. The molecular weight excluding hydrogens is 348 g/mol. The Morgan fingerprint density at radius 3 is 2.60 bits per heavy atom. The number of carbonyl (C=O) groups excluding carboxylic acids is 2. The molecule has 3 N–H and O–H groups in total. The van der Waals surface area contributed by atoms with Crippen LogP contribution in [0.2, 0.25) is 5.02 Å². The van der Waals surface area contributed by atoms with E-state index in [9.17, 15) is 24.9 Å². The van der Waals surface area contributed by atoms with Crippen LogP contribution in [0.5, 0.6) is 11.5 Å². The number of hydrogen-bond donors (Lipinski definition) is 3. The highest BCUT2D eigenvalue weighted by Crippen LogP contribution is 2.37. The Morgan fingerprint density at radius 1 is 1.16 bits per heavy atom. The lowest BCUT2D eigenvalue weighted by molar-refractivity contribution is -0.114. The van der Waals surface area contributed by atoms with Crippen LogP contribution in [0.1, 0.15) is 35.7 Å². The van der Waals surface area contributed by atoms with Crippen molar-refractivity contribution in [3.8, 4) is 11.5 Å². The van der Waals surface area contributed by atoms with E-state index in [1.54, 1.807) is 13.0 Å². The van der Waals surface area contributed by atoms with E-state index < -0.39 is 35.5 Å². The van der Waals surface area contributed by atoms with Gasteiger partial charge in [0.25, 0.3) is 0 Å². The van der Waals surface area contributed by atoms with Crippen LogP contribution in [0.3, 0.4) is 0 Å². The van der Waals surface area contributed by atoms with Gasteiger partial charge in [-0.05, 0) is 25.8 Å². The largest absolute Gasteiger partial charge is 0.507 e. The van der Waals surface area contributed by atoms with Gasteiger partial charge in [0.2, 0.25) is 0 Å². The Balaban J connectivity index is 2.49. The van der Waals surface area contributed by atoms with E-state index in [1.165, 1.54) is 18.2 Å². The van der Waals surface area contributed by atoms with Gasteiger partial charge >= 0.3 is 5.97 Å². The number of phenolic OH excluding ortho intramolecular Hbond substituents is 2. The maximum Gasteiger partial charge on any atom is 0.342 e. The van der Waals surface area contributed by atoms with Crippen molar-refractivity contribution in [1.29, 1.82) is 0 Å². The molecule has 7 heteroatoms.